The second-order valence-electron chi connectivity index (χ2n) is 5.87. The molecule has 1 saturated heterocycles. The number of ether oxygens (including phenoxy) is 1. The maximum Gasteiger partial charge on any atom is 0.317 e. The van der Waals surface area contributed by atoms with E-state index < -0.39 is 5.41 Å². The van der Waals surface area contributed by atoms with Gasteiger partial charge in [0.2, 0.25) is 0 Å². The molecule has 1 fully saturated rings. The Morgan fingerprint density at radius 3 is 2.95 bits per heavy atom. The predicted molar refractivity (Wildman–Crippen MR) is 82.4 cm³/mol. The lowest BCUT2D eigenvalue weighted by atomic mass is 9.90. The molecule has 116 valence electrons. The maximum atomic E-state index is 12.2. The van der Waals surface area contributed by atoms with Crippen LogP contribution in [0.1, 0.15) is 31.7 Å². The largest absolute Gasteiger partial charge is 0.469 e. The van der Waals surface area contributed by atoms with E-state index in [0.29, 0.717) is 26.1 Å². The van der Waals surface area contributed by atoms with E-state index in [4.69, 9.17) is 4.74 Å². The molecule has 6 heteroatoms. The summed E-state index contributed by atoms with van der Waals surface area (Å²) in [6.45, 7) is 5.54. The second kappa shape index (κ2) is 6.47. The molecule has 2 rings (SSSR count). The van der Waals surface area contributed by atoms with E-state index in [0.717, 1.165) is 0 Å². The van der Waals surface area contributed by atoms with Crippen molar-refractivity contribution in [2.24, 2.45) is 5.41 Å². The van der Waals surface area contributed by atoms with Gasteiger partial charge in [0, 0.05) is 19.6 Å². The number of nitrogens with one attached hydrogen (secondary N) is 1. The van der Waals surface area contributed by atoms with Crippen molar-refractivity contribution in [3.8, 4) is 0 Å². The highest BCUT2D eigenvalue weighted by Gasteiger charge is 2.42. The van der Waals surface area contributed by atoms with Gasteiger partial charge in [0.25, 0.3) is 0 Å². The average molecular weight is 310 g/mol. The first kappa shape index (κ1) is 15.8. The number of likely N-dealkylation sites (tertiary alicyclic amines) is 1. The number of amides is 2. The summed E-state index contributed by atoms with van der Waals surface area (Å²) in [5.41, 5.74) is 0.659. The third-order valence-corrected chi connectivity index (χ3v) is 4.81. The fourth-order valence-corrected chi connectivity index (χ4v) is 3.36. The number of methoxy groups -OCH3 is 1. The van der Waals surface area contributed by atoms with Crippen molar-refractivity contribution in [2.75, 3.05) is 26.7 Å². The zero-order chi connectivity index (χ0) is 15.5. The Hall–Kier alpha value is -1.56. The van der Waals surface area contributed by atoms with E-state index in [-0.39, 0.29) is 17.9 Å². The summed E-state index contributed by atoms with van der Waals surface area (Å²) in [5.74, 6) is 0.0410. The van der Waals surface area contributed by atoms with Crippen LogP contribution in [0, 0.1) is 5.41 Å². The molecular formula is C15H22N2O3S. The minimum absolute atomic E-state index is 0.107. The Morgan fingerprint density at radius 2 is 2.33 bits per heavy atom. The molecule has 1 aromatic heterocycles. The lowest BCUT2D eigenvalue weighted by Crippen LogP contribution is -2.42. The van der Waals surface area contributed by atoms with Gasteiger partial charge in [0.05, 0.1) is 12.5 Å². The number of nitrogens with zero attached hydrogens (tertiary/aromatic N) is 1. The van der Waals surface area contributed by atoms with Crippen molar-refractivity contribution in [3.05, 3.63) is 22.4 Å². The monoisotopic (exact) mass is 310 g/mol. The molecule has 1 aliphatic rings. The number of urea groups is 1. The molecule has 0 saturated carbocycles. The molecule has 5 nitrogen and oxygen atoms in total. The zero-order valence-corrected chi connectivity index (χ0v) is 13.5. The van der Waals surface area contributed by atoms with Crippen LogP contribution in [0.15, 0.2) is 16.8 Å². The zero-order valence-electron chi connectivity index (χ0n) is 12.7. The molecular weight excluding hydrogens is 288 g/mol. The average Bonchev–Trinajstić information content (AvgIpc) is 3.13. The Kier molecular flexibility index (Phi) is 4.88. The molecule has 0 unspecified atom stereocenters. The highest BCUT2D eigenvalue weighted by molar-refractivity contribution is 7.07. The van der Waals surface area contributed by atoms with Crippen LogP contribution in [0.2, 0.25) is 0 Å². The van der Waals surface area contributed by atoms with Crippen molar-refractivity contribution in [3.63, 3.8) is 0 Å². The Morgan fingerprint density at radius 1 is 1.57 bits per heavy atom. The highest BCUT2D eigenvalue weighted by atomic mass is 32.1. The SMILES string of the molecule is COC(=O)[C@]1(C)CCN(C(=O)NC[C@@H](C)c2ccsc2)C1. The van der Waals surface area contributed by atoms with Gasteiger partial charge in [0.15, 0.2) is 0 Å². The molecule has 2 heterocycles. The first-order chi connectivity index (χ1) is 9.96. The van der Waals surface area contributed by atoms with E-state index in [9.17, 15) is 9.59 Å². The number of thiophene rings is 1. The standard InChI is InChI=1S/C15H22N2O3S/c1-11(12-4-7-21-9-12)8-16-14(19)17-6-5-15(2,10-17)13(18)20-3/h4,7,9,11H,5-6,8,10H2,1-3H3,(H,16,19)/t11-,15-/m1/s1. The minimum Gasteiger partial charge on any atom is -0.469 e. The van der Waals surface area contributed by atoms with E-state index in [2.05, 4.69) is 23.7 Å². The van der Waals surface area contributed by atoms with E-state index in [1.807, 2.05) is 12.3 Å². The van der Waals surface area contributed by atoms with Gasteiger partial charge in [-0.2, -0.15) is 11.3 Å². The van der Waals surface area contributed by atoms with E-state index >= 15 is 0 Å². The summed E-state index contributed by atoms with van der Waals surface area (Å²) >= 11 is 1.66. The fraction of sp³-hybridized carbons (Fsp3) is 0.600. The first-order valence-electron chi connectivity index (χ1n) is 7.09. The Labute approximate surface area is 129 Å². The summed E-state index contributed by atoms with van der Waals surface area (Å²) in [6, 6.07) is 1.97. The molecule has 0 radical (unpaired) electrons. The van der Waals surface area contributed by atoms with Crippen LogP contribution in [-0.2, 0) is 9.53 Å². The summed E-state index contributed by atoms with van der Waals surface area (Å²) in [7, 11) is 1.39. The molecule has 1 aliphatic heterocycles. The van der Waals surface area contributed by atoms with Gasteiger partial charge < -0.3 is 15.0 Å². The van der Waals surface area contributed by atoms with Crippen LogP contribution >= 0.6 is 11.3 Å². The predicted octanol–water partition coefficient (Wildman–Crippen LogP) is 2.45. The first-order valence-corrected chi connectivity index (χ1v) is 8.04. The number of hydrogen-bond acceptors (Lipinski definition) is 4. The van der Waals surface area contributed by atoms with E-state index in [1.165, 1.54) is 12.7 Å². The van der Waals surface area contributed by atoms with Gasteiger partial charge >= 0.3 is 12.0 Å². The van der Waals surface area contributed by atoms with Crippen molar-refractivity contribution < 1.29 is 14.3 Å². The lowest BCUT2D eigenvalue weighted by molar-refractivity contribution is -0.150. The molecule has 2 amide bonds. The van der Waals surface area contributed by atoms with Gasteiger partial charge in [-0.25, -0.2) is 4.79 Å². The smallest absolute Gasteiger partial charge is 0.317 e. The molecule has 21 heavy (non-hydrogen) atoms. The van der Waals surface area contributed by atoms with Gasteiger partial charge in [-0.15, -0.1) is 0 Å². The van der Waals surface area contributed by atoms with Crippen molar-refractivity contribution in [2.45, 2.75) is 26.2 Å². The number of carbonyl (C=O) groups is 2. The van der Waals surface area contributed by atoms with Crippen LogP contribution in [0.5, 0.6) is 0 Å². The summed E-state index contributed by atoms with van der Waals surface area (Å²) in [6.07, 6.45) is 0.646. The van der Waals surface area contributed by atoms with Crippen LogP contribution in [0.4, 0.5) is 4.79 Å². The minimum atomic E-state index is -0.578. The topological polar surface area (TPSA) is 58.6 Å². The third kappa shape index (κ3) is 3.56. The number of hydrogen-bond donors (Lipinski definition) is 1. The van der Waals surface area contributed by atoms with E-state index in [1.54, 1.807) is 16.2 Å². The van der Waals surface area contributed by atoms with Gasteiger partial charge in [-0.1, -0.05) is 6.92 Å². The highest BCUT2D eigenvalue weighted by Crippen LogP contribution is 2.31. The third-order valence-electron chi connectivity index (χ3n) is 4.11. The summed E-state index contributed by atoms with van der Waals surface area (Å²) in [4.78, 5) is 25.6. The molecule has 1 aromatic rings. The summed E-state index contributed by atoms with van der Waals surface area (Å²) in [5, 5.41) is 7.08. The van der Waals surface area contributed by atoms with Crippen molar-refractivity contribution >= 4 is 23.3 Å². The van der Waals surface area contributed by atoms with Crippen LogP contribution in [-0.4, -0.2) is 43.6 Å². The Bertz CT molecular complexity index is 503. The van der Waals surface area contributed by atoms with Crippen molar-refractivity contribution in [1.82, 2.24) is 10.2 Å². The molecule has 2 atom stereocenters. The molecule has 0 bridgehead atoms. The normalized spacial score (nSPS) is 22.9. The molecule has 0 aromatic carbocycles. The van der Waals surface area contributed by atoms with Gasteiger partial charge in [-0.05, 0) is 41.7 Å². The van der Waals surface area contributed by atoms with Gasteiger partial charge in [0.1, 0.15) is 0 Å². The van der Waals surface area contributed by atoms with Gasteiger partial charge in [-0.3, -0.25) is 4.79 Å². The number of rotatable bonds is 4. The fourth-order valence-electron chi connectivity index (χ4n) is 2.57. The molecule has 0 spiro atoms. The summed E-state index contributed by atoms with van der Waals surface area (Å²) < 4.78 is 4.82. The maximum absolute atomic E-state index is 12.2. The lowest BCUT2D eigenvalue weighted by Gasteiger charge is -2.22. The second-order valence-corrected chi connectivity index (χ2v) is 6.65. The van der Waals surface area contributed by atoms with Crippen LogP contribution in [0.3, 0.4) is 0 Å². The van der Waals surface area contributed by atoms with Crippen LogP contribution in [0.25, 0.3) is 0 Å². The molecule has 0 aliphatic carbocycles. The Balaban J connectivity index is 1.84. The number of carbonyl (C=O) groups excluding carboxylic acids is 2. The van der Waals surface area contributed by atoms with Crippen molar-refractivity contribution in [1.29, 1.82) is 0 Å². The molecule has 1 N–H and O–H groups in total. The number of esters is 1. The quantitative estimate of drug-likeness (QED) is 0.869. The van der Waals surface area contributed by atoms with Crippen LogP contribution < -0.4 is 5.32 Å².